The van der Waals surface area contributed by atoms with E-state index in [1.54, 1.807) is 0 Å². The van der Waals surface area contributed by atoms with Crippen LogP contribution in [0.3, 0.4) is 0 Å². The Morgan fingerprint density at radius 3 is 3.07 bits per heavy atom. The second-order valence-corrected chi connectivity index (χ2v) is 3.14. The summed E-state index contributed by atoms with van der Waals surface area (Å²) >= 11 is 0. The molecule has 0 fully saturated rings. The molecule has 2 heterocycles. The second-order valence-electron chi connectivity index (χ2n) is 3.14. The van der Waals surface area contributed by atoms with Crippen LogP contribution in [0.4, 0.5) is 11.5 Å². The Morgan fingerprint density at radius 1 is 1.60 bits per heavy atom. The summed E-state index contributed by atoms with van der Waals surface area (Å²) in [6.07, 6.45) is 1.43. The zero-order chi connectivity index (χ0) is 10.8. The van der Waals surface area contributed by atoms with Gasteiger partial charge in [0.25, 0.3) is 0 Å². The fourth-order valence-corrected chi connectivity index (χ4v) is 1.55. The van der Waals surface area contributed by atoms with E-state index in [-0.39, 0.29) is 5.91 Å². The third-order valence-corrected chi connectivity index (χ3v) is 2.27. The first-order chi connectivity index (χ1) is 7.26. The van der Waals surface area contributed by atoms with Gasteiger partial charge in [0.15, 0.2) is 5.82 Å². The summed E-state index contributed by atoms with van der Waals surface area (Å²) in [4.78, 5) is 21.3. The summed E-state index contributed by atoms with van der Waals surface area (Å²) in [6.45, 7) is 3.02. The van der Waals surface area contributed by atoms with Crippen molar-refractivity contribution in [3.8, 4) is 5.88 Å². The van der Waals surface area contributed by atoms with Crippen molar-refractivity contribution in [1.29, 1.82) is 0 Å². The number of methoxy groups -OCH3 is 1. The lowest BCUT2D eigenvalue weighted by molar-refractivity contribution is -0.115. The van der Waals surface area contributed by atoms with Crippen molar-refractivity contribution in [3.63, 3.8) is 0 Å². The highest BCUT2D eigenvalue weighted by Gasteiger charge is 2.25. The molecule has 6 nitrogen and oxygen atoms in total. The van der Waals surface area contributed by atoms with Crippen LogP contribution in [-0.2, 0) is 4.79 Å². The average molecular weight is 208 g/mol. The number of hydrogen-bond donors (Lipinski definition) is 1. The van der Waals surface area contributed by atoms with Crippen LogP contribution >= 0.6 is 0 Å². The average Bonchev–Trinajstić information content (AvgIpc) is 2.27. The van der Waals surface area contributed by atoms with Crippen LogP contribution in [0, 0.1) is 0 Å². The molecule has 0 atom stereocenters. The van der Waals surface area contributed by atoms with E-state index in [1.807, 2.05) is 11.8 Å². The smallest absolute Gasteiger partial charge is 0.244 e. The second kappa shape index (κ2) is 3.72. The lowest BCUT2D eigenvalue weighted by Gasteiger charge is -2.28. The number of hydrogen-bond acceptors (Lipinski definition) is 5. The Morgan fingerprint density at radius 2 is 2.40 bits per heavy atom. The Balaban J connectivity index is 2.49. The van der Waals surface area contributed by atoms with Crippen LogP contribution in [0.15, 0.2) is 6.33 Å². The summed E-state index contributed by atoms with van der Waals surface area (Å²) in [5.74, 6) is 1.04. The molecule has 80 valence electrons. The van der Waals surface area contributed by atoms with Gasteiger partial charge in [0.2, 0.25) is 11.8 Å². The SMILES string of the molecule is CCN1CC(=O)Nc2c(OC)ncnc21. The maximum Gasteiger partial charge on any atom is 0.244 e. The van der Waals surface area contributed by atoms with Crippen molar-refractivity contribution >= 4 is 17.4 Å². The van der Waals surface area contributed by atoms with Gasteiger partial charge >= 0.3 is 0 Å². The largest absolute Gasteiger partial charge is 0.479 e. The molecular weight excluding hydrogens is 196 g/mol. The number of carbonyl (C=O) groups excluding carboxylic acids is 1. The van der Waals surface area contributed by atoms with Gasteiger partial charge in [-0.25, -0.2) is 4.98 Å². The lowest BCUT2D eigenvalue weighted by Crippen LogP contribution is -2.38. The molecule has 15 heavy (non-hydrogen) atoms. The van der Waals surface area contributed by atoms with Crippen LogP contribution in [0.2, 0.25) is 0 Å². The van der Waals surface area contributed by atoms with Crippen molar-refractivity contribution in [2.45, 2.75) is 6.92 Å². The first-order valence-electron chi connectivity index (χ1n) is 4.70. The molecule has 0 saturated carbocycles. The van der Waals surface area contributed by atoms with Crippen molar-refractivity contribution < 1.29 is 9.53 Å². The van der Waals surface area contributed by atoms with E-state index >= 15 is 0 Å². The van der Waals surface area contributed by atoms with Gasteiger partial charge in [0, 0.05) is 6.54 Å². The Hall–Kier alpha value is -1.85. The minimum atomic E-state index is -0.0718. The third-order valence-electron chi connectivity index (χ3n) is 2.27. The van der Waals surface area contributed by atoms with Crippen molar-refractivity contribution in [1.82, 2.24) is 9.97 Å². The molecule has 0 bridgehead atoms. The number of nitrogens with one attached hydrogen (secondary N) is 1. The molecule has 0 spiro atoms. The van der Waals surface area contributed by atoms with Crippen molar-refractivity contribution in [2.75, 3.05) is 30.4 Å². The van der Waals surface area contributed by atoms with Gasteiger partial charge in [-0.05, 0) is 6.92 Å². The summed E-state index contributed by atoms with van der Waals surface area (Å²) in [5, 5.41) is 2.71. The number of carbonyl (C=O) groups is 1. The molecule has 1 amide bonds. The third kappa shape index (κ3) is 1.58. The van der Waals surface area contributed by atoms with Gasteiger partial charge in [-0.2, -0.15) is 4.98 Å². The fraction of sp³-hybridized carbons (Fsp3) is 0.444. The molecule has 1 N–H and O–H groups in total. The molecular formula is C9H12N4O2. The molecule has 1 aliphatic rings. The molecule has 0 aromatic carbocycles. The van der Waals surface area contributed by atoms with E-state index in [1.165, 1.54) is 13.4 Å². The van der Waals surface area contributed by atoms with Crippen LogP contribution < -0.4 is 15.0 Å². The van der Waals surface area contributed by atoms with Crippen LogP contribution in [0.25, 0.3) is 0 Å². The number of aromatic nitrogens is 2. The maximum atomic E-state index is 11.4. The number of rotatable bonds is 2. The van der Waals surface area contributed by atoms with Gasteiger partial charge < -0.3 is 15.0 Å². The standard InChI is InChI=1S/C9H12N4O2/c1-3-13-4-6(14)12-7-8(13)10-5-11-9(7)15-2/h5H,3-4H2,1-2H3,(H,12,14). The number of ether oxygens (including phenoxy) is 1. The fourth-order valence-electron chi connectivity index (χ4n) is 1.55. The number of fused-ring (bicyclic) bond motifs is 1. The summed E-state index contributed by atoms with van der Waals surface area (Å²) < 4.78 is 5.06. The van der Waals surface area contributed by atoms with Crippen molar-refractivity contribution in [2.24, 2.45) is 0 Å². The highest BCUT2D eigenvalue weighted by Crippen LogP contribution is 2.33. The van der Waals surface area contributed by atoms with Gasteiger partial charge in [0.05, 0.1) is 13.7 Å². The zero-order valence-corrected chi connectivity index (χ0v) is 8.65. The van der Waals surface area contributed by atoms with E-state index in [2.05, 4.69) is 15.3 Å². The van der Waals surface area contributed by atoms with E-state index < -0.39 is 0 Å². The molecule has 6 heteroatoms. The predicted molar refractivity (Wildman–Crippen MR) is 55.1 cm³/mol. The van der Waals surface area contributed by atoms with Gasteiger partial charge in [-0.15, -0.1) is 0 Å². The van der Waals surface area contributed by atoms with Gasteiger partial charge in [0.1, 0.15) is 12.0 Å². The van der Waals surface area contributed by atoms with E-state index in [0.29, 0.717) is 23.9 Å². The van der Waals surface area contributed by atoms with Gasteiger partial charge in [-0.3, -0.25) is 4.79 Å². The highest BCUT2D eigenvalue weighted by molar-refractivity contribution is 6.01. The molecule has 1 aromatic rings. The summed E-state index contributed by atoms with van der Waals surface area (Å²) in [6, 6.07) is 0. The number of amides is 1. The Kier molecular flexibility index (Phi) is 2.40. The van der Waals surface area contributed by atoms with Crippen LogP contribution in [-0.4, -0.2) is 36.1 Å². The van der Waals surface area contributed by atoms with E-state index in [4.69, 9.17) is 4.74 Å². The molecule has 0 saturated heterocycles. The topological polar surface area (TPSA) is 67.4 Å². The van der Waals surface area contributed by atoms with Gasteiger partial charge in [-0.1, -0.05) is 0 Å². The maximum absolute atomic E-state index is 11.4. The van der Waals surface area contributed by atoms with Crippen molar-refractivity contribution in [3.05, 3.63) is 6.33 Å². The minimum absolute atomic E-state index is 0.0718. The minimum Gasteiger partial charge on any atom is -0.479 e. The molecule has 0 radical (unpaired) electrons. The Bertz CT molecular complexity index is 394. The normalized spacial score (nSPS) is 14.5. The number of nitrogens with zero attached hydrogens (tertiary/aromatic N) is 3. The predicted octanol–water partition coefficient (Wildman–Crippen LogP) is 0.264. The van der Waals surface area contributed by atoms with Crippen LogP contribution in [0.1, 0.15) is 6.92 Å². The number of likely N-dealkylation sites (N-methyl/N-ethyl adjacent to an activating group) is 1. The molecule has 0 aliphatic carbocycles. The number of anilines is 2. The summed E-state index contributed by atoms with van der Waals surface area (Å²) in [7, 11) is 1.51. The zero-order valence-electron chi connectivity index (χ0n) is 8.65. The van der Waals surface area contributed by atoms with Crippen LogP contribution in [0.5, 0.6) is 5.88 Å². The molecule has 0 unspecified atom stereocenters. The Labute approximate surface area is 87.3 Å². The highest BCUT2D eigenvalue weighted by atomic mass is 16.5. The molecule has 2 rings (SSSR count). The molecule has 1 aliphatic heterocycles. The molecule has 1 aromatic heterocycles. The van der Waals surface area contributed by atoms with E-state index in [9.17, 15) is 4.79 Å². The first kappa shape index (κ1) is 9.70. The van der Waals surface area contributed by atoms with E-state index in [0.717, 1.165) is 6.54 Å². The lowest BCUT2D eigenvalue weighted by atomic mass is 10.3. The monoisotopic (exact) mass is 208 g/mol. The summed E-state index contributed by atoms with van der Waals surface area (Å²) in [5.41, 5.74) is 0.554. The quantitative estimate of drug-likeness (QED) is 0.755. The first-order valence-corrected chi connectivity index (χ1v) is 4.70.